The number of benzene rings is 1. The first-order chi connectivity index (χ1) is 9.63. The van der Waals surface area contributed by atoms with Gasteiger partial charge in [0, 0.05) is 19.3 Å². The fraction of sp³-hybridized carbons (Fsp3) is 0.333. The van der Waals surface area contributed by atoms with Crippen LogP contribution in [-0.4, -0.2) is 19.3 Å². The highest BCUT2D eigenvalue weighted by Gasteiger charge is 2.05. The summed E-state index contributed by atoms with van der Waals surface area (Å²) in [6.07, 6.45) is 4.83. The lowest BCUT2D eigenvalue weighted by molar-refractivity contribution is 0.533. The molecule has 2 heterocycles. The van der Waals surface area contributed by atoms with Crippen LogP contribution in [0.1, 0.15) is 17.5 Å². The van der Waals surface area contributed by atoms with E-state index in [1.54, 1.807) is 0 Å². The second-order valence-electron chi connectivity index (χ2n) is 5.22. The highest BCUT2D eigenvalue weighted by atomic mass is 15.3. The van der Waals surface area contributed by atoms with Crippen LogP contribution in [0.2, 0.25) is 0 Å². The largest absolute Gasteiger partial charge is 0.382 e. The van der Waals surface area contributed by atoms with Crippen LogP contribution in [0.3, 0.4) is 0 Å². The van der Waals surface area contributed by atoms with Crippen LogP contribution in [0.5, 0.6) is 0 Å². The van der Waals surface area contributed by atoms with Crippen molar-refractivity contribution in [3.8, 4) is 0 Å². The molecule has 0 saturated heterocycles. The molecule has 3 rings (SSSR count). The van der Waals surface area contributed by atoms with Gasteiger partial charge >= 0.3 is 0 Å². The normalized spacial score (nSPS) is 11.3. The Morgan fingerprint density at radius 3 is 2.70 bits per heavy atom. The van der Waals surface area contributed by atoms with Crippen molar-refractivity contribution < 1.29 is 0 Å². The maximum Gasteiger partial charge on any atom is 0.145 e. The maximum absolute atomic E-state index is 5.60. The first-order valence-electron chi connectivity index (χ1n) is 6.84. The van der Waals surface area contributed by atoms with Gasteiger partial charge in [0.05, 0.1) is 17.4 Å². The number of rotatable bonds is 4. The third-order valence-electron chi connectivity index (χ3n) is 3.68. The molecule has 0 aliphatic carbocycles. The predicted molar refractivity (Wildman–Crippen MR) is 80.5 cm³/mol. The zero-order valence-corrected chi connectivity index (χ0v) is 11.9. The Hall–Kier alpha value is -2.30. The first-order valence-corrected chi connectivity index (χ1v) is 6.84. The van der Waals surface area contributed by atoms with Gasteiger partial charge in [-0.2, -0.15) is 5.10 Å². The number of fused-ring (bicyclic) bond motifs is 1. The Bertz CT molecular complexity index is 738. The third kappa shape index (κ3) is 2.39. The van der Waals surface area contributed by atoms with Gasteiger partial charge in [-0.15, -0.1) is 0 Å². The summed E-state index contributed by atoms with van der Waals surface area (Å²) in [6.45, 7) is 6.05. The molecule has 20 heavy (non-hydrogen) atoms. The van der Waals surface area contributed by atoms with Gasteiger partial charge in [-0.25, -0.2) is 4.98 Å². The predicted octanol–water partition coefficient (Wildman–Crippen LogP) is 2.52. The Labute approximate surface area is 118 Å². The molecule has 0 fully saturated rings. The molecule has 0 radical (unpaired) electrons. The highest BCUT2D eigenvalue weighted by molar-refractivity contribution is 5.77. The van der Waals surface area contributed by atoms with Gasteiger partial charge in [0.15, 0.2) is 0 Å². The summed E-state index contributed by atoms with van der Waals surface area (Å²) in [5, 5.41) is 4.19. The molecule has 5 nitrogen and oxygen atoms in total. The average Bonchev–Trinajstić information content (AvgIpc) is 2.98. The van der Waals surface area contributed by atoms with E-state index in [4.69, 9.17) is 5.73 Å². The van der Waals surface area contributed by atoms with E-state index in [1.165, 1.54) is 16.6 Å². The molecule has 104 valence electrons. The molecule has 0 saturated carbocycles. The summed E-state index contributed by atoms with van der Waals surface area (Å²) in [4.78, 5) is 4.47. The fourth-order valence-corrected chi connectivity index (χ4v) is 2.40. The Morgan fingerprint density at radius 1 is 1.15 bits per heavy atom. The molecular weight excluding hydrogens is 250 g/mol. The molecule has 3 aromatic rings. The zero-order chi connectivity index (χ0) is 14.1. The van der Waals surface area contributed by atoms with Crippen LogP contribution in [0, 0.1) is 13.8 Å². The van der Waals surface area contributed by atoms with E-state index in [0.29, 0.717) is 5.82 Å². The molecule has 0 atom stereocenters. The fourth-order valence-electron chi connectivity index (χ4n) is 2.40. The lowest BCUT2D eigenvalue weighted by Crippen LogP contribution is -2.04. The number of aromatic nitrogens is 4. The second kappa shape index (κ2) is 5.00. The molecule has 0 aliphatic rings. The van der Waals surface area contributed by atoms with Gasteiger partial charge in [-0.05, 0) is 49.6 Å². The Morgan fingerprint density at radius 2 is 1.95 bits per heavy atom. The molecule has 0 amide bonds. The summed E-state index contributed by atoms with van der Waals surface area (Å²) in [5.74, 6) is 0.573. The summed E-state index contributed by atoms with van der Waals surface area (Å²) < 4.78 is 4.08. The monoisotopic (exact) mass is 269 g/mol. The minimum Gasteiger partial charge on any atom is -0.382 e. The Balaban J connectivity index is 1.73. The van der Waals surface area contributed by atoms with Crippen LogP contribution in [0.4, 0.5) is 5.82 Å². The van der Waals surface area contributed by atoms with Crippen molar-refractivity contribution in [2.24, 2.45) is 0 Å². The number of hydrogen-bond donors (Lipinski definition) is 1. The van der Waals surface area contributed by atoms with E-state index in [9.17, 15) is 0 Å². The molecule has 0 unspecified atom stereocenters. The Kier molecular flexibility index (Phi) is 3.18. The molecule has 5 heteroatoms. The van der Waals surface area contributed by atoms with Crippen LogP contribution in [0.15, 0.2) is 30.7 Å². The summed E-state index contributed by atoms with van der Waals surface area (Å²) in [7, 11) is 0. The number of aryl methyl sites for hydroxylation is 4. The molecular formula is C15H19N5. The maximum atomic E-state index is 5.60. The minimum absolute atomic E-state index is 0.573. The number of nitrogen functional groups attached to an aromatic ring is 1. The number of anilines is 1. The van der Waals surface area contributed by atoms with Crippen molar-refractivity contribution in [3.63, 3.8) is 0 Å². The SMILES string of the molecule is Cc1cc2ncn(CCCn3ccc(N)n3)c2cc1C. The van der Waals surface area contributed by atoms with Gasteiger partial charge in [0.25, 0.3) is 0 Å². The van der Waals surface area contributed by atoms with E-state index in [-0.39, 0.29) is 0 Å². The topological polar surface area (TPSA) is 61.7 Å². The van der Waals surface area contributed by atoms with Crippen LogP contribution in [-0.2, 0) is 13.1 Å². The van der Waals surface area contributed by atoms with Gasteiger partial charge < -0.3 is 10.3 Å². The van der Waals surface area contributed by atoms with Crippen LogP contribution in [0.25, 0.3) is 11.0 Å². The van der Waals surface area contributed by atoms with Gasteiger partial charge in [-0.3, -0.25) is 4.68 Å². The second-order valence-corrected chi connectivity index (χ2v) is 5.22. The molecule has 2 aromatic heterocycles. The van der Waals surface area contributed by atoms with Gasteiger partial charge in [0.1, 0.15) is 5.82 Å². The van der Waals surface area contributed by atoms with E-state index < -0.39 is 0 Å². The zero-order valence-electron chi connectivity index (χ0n) is 11.9. The van der Waals surface area contributed by atoms with Crippen molar-refractivity contribution >= 4 is 16.9 Å². The molecule has 0 spiro atoms. The average molecular weight is 269 g/mol. The van der Waals surface area contributed by atoms with E-state index in [2.05, 4.69) is 40.6 Å². The summed E-state index contributed by atoms with van der Waals surface area (Å²) in [6, 6.07) is 6.18. The van der Waals surface area contributed by atoms with Crippen LogP contribution >= 0.6 is 0 Å². The molecule has 1 aromatic carbocycles. The van der Waals surface area contributed by atoms with Crippen molar-refractivity contribution in [3.05, 3.63) is 41.9 Å². The lowest BCUT2D eigenvalue weighted by Gasteiger charge is -2.06. The van der Waals surface area contributed by atoms with Crippen molar-refractivity contribution in [1.82, 2.24) is 19.3 Å². The van der Waals surface area contributed by atoms with Crippen molar-refractivity contribution in [1.29, 1.82) is 0 Å². The molecule has 2 N–H and O–H groups in total. The van der Waals surface area contributed by atoms with E-state index in [0.717, 1.165) is 25.0 Å². The molecule has 0 bridgehead atoms. The van der Waals surface area contributed by atoms with Crippen molar-refractivity contribution in [2.75, 3.05) is 5.73 Å². The summed E-state index contributed by atoms with van der Waals surface area (Å²) >= 11 is 0. The number of nitrogens with two attached hydrogens (primary N) is 1. The standard InChI is InChI=1S/C15H19N5/c1-11-8-13-14(9-12(11)2)19(10-17-13)5-3-6-20-7-4-15(16)18-20/h4,7-10H,3,5-6H2,1-2H3,(H2,16,18). The quantitative estimate of drug-likeness (QED) is 0.791. The smallest absolute Gasteiger partial charge is 0.145 e. The van der Waals surface area contributed by atoms with Crippen molar-refractivity contribution in [2.45, 2.75) is 33.4 Å². The lowest BCUT2D eigenvalue weighted by atomic mass is 10.1. The number of hydrogen-bond acceptors (Lipinski definition) is 3. The van der Waals surface area contributed by atoms with Gasteiger partial charge in [-0.1, -0.05) is 0 Å². The summed E-state index contributed by atoms with van der Waals surface area (Å²) in [5.41, 5.74) is 10.5. The highest BCUT2D eigenvalue weighted by Crippen LogP contribution is 2.18. The molecule has 0 aliphatic heterocycles. The number of nitrogens with zero attached hydrogens (tertiary/aromatic N) is 4. The van der Waals surface area contributed by atoms with E-state index >= 15 is 0 Å². The first kappa shape index (κ1) is 12.7. The number of imidazole rings is 1. The minimum atomic E-state index is 0.573. The van der Waals surface area contributed by atoms with E-state index in [1.807, 2.05) is 23.3 Å². The van der Waals surface area contributed by atoms with Gasteiger partial charge in [0.2, 0.25) is 0 Å². The van der Waals surface area contributed by atoms with Crippen LogP contribution < -0.4 is 5.73 Å². The third-order valence-corrected chi connectivity index (χ3v) is 3.68.